The van der Waals surface area contributed by atoms with Gasteiger partial charge in [-0.3, -0.25) is 4.21 Å². The molecule has 0 heterocycles. The van der Waals surface area contributed by atoms with Gasteiger partial charge in [0.15, 0.2) is 0 Å². The maximum Gasteiger partial charge on any atom is 0.502 e. The summed E-state index contributed by atoms with van der Waals surface area (Å²) in [5.74, 6) is 0.234. The average Bonchev–Trinajstić information content (AvgIpc) is 2.14. The van der Waals surface area contributed by atoms with Crippen LogP contribution in [-0.2, 0) is 10.8 Å². The van der Waals surface area contributed by atoms with Gasteiger partial charge in [-0.1, -0.05) is 18.2 Å². The standard InChI is InChI=1S/C9H9BF3OS/c1-15(14)9-4-2-8(3-5-9)6-7-10(11,12)13/h2-7H,1H3/q-1/b7-6+. The SMILES string of the molecule is CS(=O)c1ccc(/C=C/[B-](F)(F)F)cc1. The molecule has 0 aliphatic carbocycles. The minimum absolute atomic E-state index is 0.234. The van der Waals surface area contributed by atoms with Crippen LogP contribution in [0.5, 0.6) is 0 Å². The highest BCUT2D eigenvalue weighted by atomic mass is 32.2. The summed E-state index contributed by atoms with van der Waals surface area (Å²) in [5, 5.41) is 0. The van der Waals surface area contributed by atoms with Gasteiger partial charge in [0.1, 0.15) is 0 Å². The molecule has 1 atom stereocenters. The molecule has 0 fully saturated rings. The first-order chi connectivity index (χ1) is 6.88. The smallest absolute Gasteiger partial charge is 0.445 e. The van der Waals surface area contributed by atoms with Gasteiger partial charge in [-0.25, -0.2) is 0 Å². The molecule has 0 N–H and O–H groups in total. The lowest BCUT2D eigenvalue weighted by Crippen LogP contribution is -2.09. The minimum atomic E-state index is -4.89. The Labute approximate surface area is 88.5 Å². The number of rotatable bonds is 3. The van der Waals surface area contributed by atoms with Crippen molar-refractivity contribution in [3.63, 3.8) is 0 Å². The van der Waals surface area contributed by atoms with Gasteiger partial charge in [0, 0.05) is 22.0 Å². The van der Waals surface area contributed by atoms with Crippen LogP contribution in [0, 0.1) is 0 Å². The third kappa shape index (κ3) is 4.33. The quantitative estimate of drug-likeness (QED) is 0.733. The molecule has 6 heteroatoms. The molecule has 0 bridgehead atoms. The van der Waals surface area contributed by atoms with Crippen LogP contribution in [-0.4, -0.2) is 17.4 Å². The first-order valence-corrected chi connectivity index (χ1v) is 5.77. The second-order valence-electron chi connectivity index (χ2n) is 3.01. The fourth-order valence-corrected chi connectivity index (χ4v) is 1.51. The van der Waals surface area contributed by atoms with Gasteiger partial charge in [-0.2, -0.15) is 0 Å². The van der Waals surface area contributed by atoms with E-state index in [9.17, 15) is 17.2 Å². The maximum atomic E-state index is 11.9. The lowest BCUT2D eigenvalue weighted by atomic mass is 9.91. The Hall–Kier alpha value is -1.04. The Morgan fingerprint density at radius 2 is 1.73 bits per heavy atom. The highest BCUT2D eigenvalue weighted by Gasteiger charge is 2.16. The number of hydrogen-bond acceptors (Lipinski definition) is 1. The van der Waals surface area contributed by atoms with Gasteiger partial charge in [-0.05, 0) is 17.7 Å². The zero-order chi connectivity index (χ0) is 11.5. The van der Waals surface area contributed by atoms with Crippen LogP contribution in [0.15, 0.2) is 35.1 Å². The summed E-state index contributed by atoms with van der Waals surface area (Å²) in [6.45, 7) is -4.89. The van der Waals surface area contributed by atoms with Gasteiger partial charge in [-0.15, -0.1) is 5.98 Å². The summed E-state index contributed by atoms with van der Waals surface area (Å²) < 4.78 is 46.6. The van der Waals surface area contributed by atoms with Gasteiger partial charge in [0.05, 0.1) is 0 Å². The Morgan fingerprint density at radius 1 is 1.20 bits per heavy atom. The topological polar surface area (TPSA) is 17.1 Å². The van der Waals surface area contributed by atoms with Crippen molar-refractivity contribution in [2.75, 3.05) is 6.26 Å². The Balaban J connectivity index is 2.82. The van der Waals surface area contributed by atoms with E-state index in [1.54, 1.807) is 12.1 Å². The predicted octanol–water partition coefficient (Wildman–Crippen LogP) is 2.82. The summed E-state index contributed by atoms with van der Waals surface area (Å²) in [6.07, 6.45) is 2.52. The third-order valence-electron chi connectivity index (χ3n) is 1.72. The molecule has 0 amide bonds. The molecule has 82 valence electrons. The third-order valence-corrected chi connectivity index (χ3v) is 2.65. The van der Waals surface area contributed by atoms with Crippen molar-refractivity contribution in [1.82, 2.24) is 0 Å². The zero-order valence-corrected chi connectivity index (χ0v) is 8.81. The van der Waals surface area contributed by atoms with E-state index in [1.807, 2.05) is 0 Å². The van der Waals surface area contributed by atoms with Gasteiger partial charge in [0.2, 0.25) is 0 Å². The molecule has 0 aromatic heterocycles. The second-order valence-corrected chi connectivity index (χ2v) is 4.39. The number of hydrogen-bond donors (Lipinski definition) is 0. The van der Waals surface area contributed by atoms with Crippen molar-refractivity contribution in [3.05, 3.63) is 35.8 Å². The van der Waals surface area contributed by atoms with Crippen LogP contribution in [0.4, 0.5) is 12.9 Å². The van der Waals surface area contributed by atoms with E-state index in [2.05, 4.69) is 0 Å². The molecular formula is C9H9BF3OS-. The van der Waals surface area contributed by atoms with Gasteiger partial charge < -0.3 is 12.9 Å². The lowest BCUT2D eigenvalue weighted by Gasteiger charge is -2.06. The molecule has 0 radical (unpaired) electrons. The lowest BCUT2D eigenvalue weighted by molar-refractivity contribution is 0.499. The minimum Gasteiger partial charge on any atom is -0.445 e. The van der Waals surface area contributed by atoms with E-state index < -0.39 is 17.8 Å². The summed E-state index contributed by atoms with van der Waals surface area (Å²) in [4.78, 5) is 0.602. The molecular weight excluding hydrogens is 224 g/mol. The molecule has 0 saturated carbocycles. The molecule has 1 aromatic rings. The van der Waals surface area contributed by atoms with E-state index in [0.717, 1.165) is 6.08 Å². The number of halogens is 3. The Bertz CT molecular complexity index is 383. The first-order valence-electron chi connectivity index (χ1n) is 4.21. The summed E-state index contributed by atoms with van der Waals surface area (Å²) in [5.41, 5.74) is 0.448. The van der Waals surface area contributed by atoms with Crippen molar-refractivity contribution in [2.24, 2.45) is 0 Å². The molecule has 1 unspecified atom stereocenters. The predicted molar refractivity (Wildman–Crippen MR) is 56.9 cm³/mol. The molecule has 1 aromatic carbocycles. The maximum absolute atomic E-state index is 11.9. The normalized spacial score (nSPS) is 14.4. The van der Waals surface area contributed by atoms with Crippen molar-refractivity contribution >= 4 is 23.9 Å². The van der Waals surface area contributed by atoms with Gasteiger partial charge >= 0.3 is 6.98 Å². The highest BCUT2D eigenvalue weighted by molar-refractivity contribution is 7.84. The molecule has 0 aliphatic heterocycles. The van der Waals surface area contributed by atoms with Crippen LogP contribution < -0.4 is 0 Å². The van der Waals surface area contributed by atoms with Crippen LogP contribution in [0.2, 0.25) is 0 Å². The number of benzene rings is 1. The Morgan fingerprint density at radius 3 is 2.13 bits per heavy atom. The van der Waals surface area contributed by atoms with E-state index in [4.69, 9.17) is 0 Å². The monoisotopic (exact) mass is 233 g/mol. The van der Waals surface area contributed by atoms with Crippen LogP contribution >= 0.6 is 0 Å². The molecule has 15 heavy (non-hydrogen) atoms. The van der Waals surface area contributed by atoms with Gasteiger partial charge in [0.25, 0.3) is 0 Å². The fourth-order valence-electron chi connectivity index (χ4n) is 0.991. The molecule has 0 saturated heterocycles. The summed E-state index contributed by atoms with van der Waals surface area (Å²) in [7, 11) is -1.10. The van der Waals surface area contributed by atoms with Crippen LogP contribution in [0.3, 0.4) is 0 Å². The fraction of sp³-hybridized carbons (Fsp3) is 0.111. The molecule has 1 nitrogen and oxygen atoms in total. The molecule has 0 aliphatic rings. The van der Waals surface area contributed by atoms with Crippen LogP contribution in [0.1, 0.15) is 5.56 Å². The van der Waals surface area contributed by atoms with Crippen molar-refractivity contribution in [3.8, 4) is 0 Å². The van der Waals surface area contributed by atoms with E-state index in [0.29, 0.717) is 10.5 Å². The molecule has 1 rings (SSSR count). The first kappa shape index (κ1) is 12.0. The van der Waals surface area contributed by atoms with Crippen molar-refractivity contribution in [1.29, 1.82) is 0 Å². The van der Waals surface area contributed by atoms with E-state index in [-0.39, 0.29) is 5.98 Å². The second kappa shape index (κ2) is 4.66. The Kier molecular flexibility index (Phi) is 3.74. The average molecular weight is 233 g/mol. The largest absolute Gasteiger partial charge is 0.502 e. The van der Waals surface area contributed by atoms with Crippen molar-refractivity contribution < 1.29 is 17.2 Å². The highest BCUT2D eigenvalue weighted by Crippen LogP contribution is 2.14. The van der Waals surface area contributed by atoms with E-state index in [1.165, 1.54) is 18.4 Å². The zero-order valence-electron chi connectivity index (χ0n) is 7.99. The van der Waals surface area contributed by atoms with Crippen molar-refractivity contribution in [2.45, 2.75) is 4.90 Å². The summed E-state index contributed by atoms with van der Waals surface area (Å²) >= 11 is 0. The van der Waals surface area contributed by atoms with Crippen LogP contribution in [0.25, 0.3) is 6.08 Å². The molecule has 0 spiro atoms. The van der Waals surface area contributed by atoms with E-state index >= 15 is 0 Å². The summed E-state index contributed by atoms with van der Waals surface area (Å²) in [6, 6.07) is 6.13.